The van der Waals surface area contributed by atoms with Crippen LogP contribution in [0.3, 0.4) is 0 Å². The van der Waals surface area contributed by atoms with E-state index >= 15 is 0 Å². The number of carbonyl (C=O) groups is 1. The van der Waals surface area contributed by atoms with E-state index in [1.807, 2.05) is 29.2 Å². The first-order valence-electron chi connectivity index (χ1n) is 8.11. The summed E-state index contributed by atoms with van der Waals surface area (Å²) < 4.78 is 5.89. The zero-order valence-corrected chi connectivity index (χ0v) is 13.9. The number of hydrogen-bond acceptors (Lipinski definition) is 3. The Balaban J connectivity index is 1.56. The normalized spacial score (nSPS) is 18.0. The highest BCUT2D eigenvalue weighted by Crippen LogP contribution is 2.29. The minimum atomic E-state index is 0.0123. The van der Waals surface area contributed by atoms with E-state index in [9.17, 15) is 4.79 Å². The Morgan fingerprint density at radius 2 is 2.08 bits per heavy atom. The number of piperidine rings is 1. The average Bonchev–Trinajstić information content (AvgIpc) is 3.05. The highest BCUT2D eigenvalue weighted by atomic mass is 35.5. The van der Waals surface area contributed by atoms with Gasteiger partial charge in [-0.15, -0.1) is 0 Å². The molecule has 1 aromatic heterocycles. The molecule has 1 amide bonds. The van der Waals surface area contributed by atoms with Crippen LogP contribution in [0.4, 0.5) is 0 Å². The zero-order chi connectivity index (χ0) is 16.5. The summed E-state index contributed by atoms with van der Waals surface area (Å²) in [5.41, 5.74) is 2.29. The second kappa shape index (κ2) is 6.29. The molecule has 0 unspecified atom stereocenters. The van der Waals surface area contributed by atoms with Crippen LogP contribution in [-0.4, -0.2) is 28.9 Å². The van der Waals surface area contributed by atoms with E-state index in [0.717, 1.165) is 36.4 Å². The molecular formula is C19H17ClN2O2. The predicted molar refractivity (Wildman–Crippen MR) is 93.3 cm³/mol. The molecule has 24 heavy (non-hydrogen) atoms. The first kappa shape index (κ1) is 15.2. The smallest absolute Gasteiger partial charge is 0.253 e. The molecular weight excluding hydrogens is 324 g/mol. The molecule has 0 spiro atoms. The SMILES string of the molecule is O=C(c1cccc(Cl)c1)N1CCC[C@@H](c2nc3ccccc3o2)C1. The third-order valence-corrected chi connectivity index (χ3v) is 4.67. The lowest BCUT2D eigenvalue weighted by atomic mass is 9.97. The Morgan fingerprint density at radius 1 is 1.21 bits per heavy atom. The molecule has 4 rings (SSSR count). The standard InChI is InChI=1S/C19H17ClN2O2/c20-15-7-3-5-13(11-15)19(23)22-10-4-6-14(12-22)18-21-16-8-1-2-9-17(16)24-18/h1-3,5,7-9,11,14H,4,6,10,12H2/t14-/m1/s1. The van der Waals surface area contributed by atoms with Gasteiger partial charge >= 0.3 is 0 Å². The summed E-state index contributed by atoms with van der Waals surface area (Å²) >= 11 is 6.00. The quantitative estimate of drug-likeness (QED) is 0.690. The highest BCUT2D eigenvalue weighted by Gasteiger charge is 2.28. The summed E-state index contributed by atoms with van der Waals surface area (Å²) in [5, 5.41) is 0.577. The molecule has 1 fully saturated rings. The van der Waals surface area contributed by atoms with Gasteiger partial charge in [-0.2, -0.15) is 0 Å². The summed E-state index contributed by atoms with van der Waals surface area (Å²) in [5.74, 6) is 0.868. The van der Waals surface area contributed by atoms with Gasteiger partial charge < -0.3 is 9.32 Å². The number of oxazole rings is 1. The van der Waals surface area contributed by atoms with Crippen molar-refractivity contribution in [3.8, 4) is 0 Å². The van der Waals surface area contributed by atoms with E-state index in [0.29, 0.717) is 17.1 Å². The molecule has 0 radical (unpaired) electrons. The number of benzene rings is 2. The minimum absolute atomic E-state index is 0.0123. The predicted octanol–water partition coefficient (Wildman–Crippen LogP) is 4.50. The van der Waals surface area contributed by atoms with Crippen LogP contribution in [0.5, 0.6) is 0 Å². The Bertz CT molecular complexity index is 857. The molecule has 0 saturated carbocycles. The summed E-state index contributed by atoms with van der Waals surface area (Å²) in [6.07, 6.45) is 1.92. The van der Waals surface area contributed by atoms with Crippen LogP contribution in [0.15, 0.2) is 52.9 Å². The van der Waals surface area contributed by atoms with E-state index < -0.39 is 0 Å². The Morgan fingerprint density at radius 3 is 2.92 bits per heavy atom. The van der Waals surface area contributed by atoms with Crippen LogP contribution >= 0.6 is 11.6 Å². The van der Waals surface area contributed by atoms with Crippen molar-refractivity contribution in [3.63, 3.8) is 0 Å². The van der Waals surface area contributed by atoms with Gasteiger partial charge in [0.15, 0.2) is 11.5 Å². The van der Waals surface area contributed by atoms with Gasteiger partial charge in [0, 0.05) is 23.7 Å². The topological polar surface area (TPSA) is 46.3 Å². The third kappa shape index (κ3) is 2.89. The van der Waals surface area contributed by atoms with Gasteiger partial charge in [0.2, 0.25) is 0 Å². The van der Waals surface area contributed by atoms with Gasteiger partial charge in [0.25, 0.3) is 5.91 Å². The van der Waals surface area contributed by atoms with E-state index in [4.69, 9.17) is 16.0 Å². The van der Waals surface area contributed by atoms with Gasteiger partial charge in [-0.1, -0.05) is 29.8 Å². The number of rotatable bonds is 2. The fourth-order valence-electron chi connectivity index (χ4n) is 3.23. The number of fused-ring (bicyclic) bond motifs is 1. The molecule has 1 aliphatic heterocycles. The second-order valence-corrected chi connectivity index (χ2v) is 6.56. The fraction of sp³-hybridized carbons (Fsp3) is 0.263. The van der Waals surface area contributed by atoms with E-state index in [1.165, 1.54) is 0 Å². The number of para-hydroxylation sites is 2. The van der Waals surface area contributed by atoms with Crippen LogP contribution in [-0.2, 0) is 0 Å². The maximum absolute atomic E-state index is 12.7. The van der Waals surface area contributed by atoms with Crippen molar-refractivity contribution < 1.29 is 9.21 Å². The number of aromatic nitrogens is 1. The van der Waals surface area contributed by atoms with Crippen molar-refractivity contribution >= 4 is 28.6 Å². The van der Waals surface area contributed by atoms with Gasteiger partial charge in [-0.3, -0.25) is 4.79 Å². The summed E-state index contributed by atoms with van der Waals surface area (Å²) in [4.78, 5) is 19.2. The maximum atomic E-state index is 12.7. The molecule has 1 atom stereocenters. The monoisotopic (exact) mass is 340 g/mol. The van der Waals surface area contributed by atoms with E-state index in [2.05, 4.69) is 4.98 Å². The Kier molecular flexibility index (Phi) is 3.98. The molecule has 2 aromatic carbocycles. The van der Waals surface area contributed by atoms with Gasteiger partial charge in [0.1, 0.15) is 5.52 Å². The van der Waals surface area contributed by atoms with Crippen molar-refractivity contribution in [3.05, 3.63) is 65.0 Å². The lowest BCUT2D eigenvalue weighted by molar-refractivity contribution is 0.0699. The number of nitrogens with zero attached hydrogens (tertiary/aromatic N) is 2. The van der Waals surface area contributed by atoms with Gasteiger partial charge in [0.05, 0.1) is 5.92 Å². The molecule has 3 aromatic rings. The van der Waals surface area contributed by atoms with Crippen LogP contribution in [0.25, 0.3) is 11.1 Å². The highest BCUT2D eigenvalue weighted by molar-refractivity contribution is 6.30. The Hall–Kier alpha value is -2.33. The Labute approximate surface area is 145 Å². The first-order valence-corrected chi connectivity index (χ1v) is 8.49. The summed E-state index contributed by atoms with van der Waals surface area (Å²) in [7, 11) is 0. The number of likely N-dealkylation sites (tertiary alicyclic amines) is 1. The van der Waals surface area contributed by atoms with Gasteiger partial charge in [-0.25, -0.2) is 4.98 Å². The minimum Gasteiger partial charge on any atom is -0.440 e. The summed E-state index contributed by atoms with van der Waals surface area (Å²) in [6, 6.07) is 14.8. The fourth-order valence-corrected chi connectivity index (χ4v) is 3.42. The number of hydrogen-bond donors (Lipinski definition) is 0. The summed E-state index contributed by atoms with van der Waals surface area (Å²) in [6.45, 7) is 1.38. The van der Waals surface area contributed by atoms with Crippen molar-refractivity contribution in [2.45, 2.75) is 18.8 Å². The molecule has 1 saturated heterocycles. The van der Waals surface area contributed by atoms with Crippen LogP contribution in [0.2, 0.25) is 5.02 Å². The molecule has 0 aliphatic carbocycles. The third-order valence-electron chi connectivity index (χ3n) is 4.44. The van der Waals surface area contributed by atoms with Crippen LogP contribution < -0.4 is 0 Å². The molecule has 0 N–H and O–H groups in total. The molecule has 4 nitrogen and oxygen atoms in total. The number of carbonyl (C=O) groups excluding carboxylic acids is 1. The number of halogens is 1. The molecule has 122 valence electrons. The van der Waals surface area contributed by atoms with E-state index in [-0.39, 0.29) is 11.8 Å². The van der Waals surface area contributed by atoms with E-state index in [1.54, 1.807) is 24.3 Å². The number of amides is 1. The van der Waals surface area contributed by atoms with Crippen molar-refractivity contribution in [2.24, 2.45) is 0 Å². The van der Waals surface area contributed by atoms with Gasteiger partial charge in [-0.05, 0) is 43.2 Å². The van der Waals surface area contributed by atoms with Crippen molar-refractivity contribution in [1.29, 1.82) is 0 Å². The van der Waals surface area contributed by atoms with Crippen LogP contribution in [0, 0.1) is 0 Å². The lowest BCUT2D eigenvalue weighted by Crippen LogP contribution is -2.39. The average molecular weight is 341 g/mol. The van der Waals surface area contributed by atoms with Crippen molar-refractivity contribution in [2.75, 3.05) is 13.1 Å². The first-order chi connectivity index (χ1) is 11.7. The zero-order valence-electron chi connectivity index (χ0n) is 13.1. The lowest BCUT2D eigenvalue weighted by Gasteiger charge is -2.31. The molecule has 0 bridgehead atoms. The second-order valence-electron chi connectivity index (χ2n) is 6.12. The largest absolute Gasteiger partial charge is 0.440 e. The molecule has 1 aliphatic rings. The van der Waals surface area contributed by atoms with Crippen LogP contribution in [0.1, 0.15) is 35.0 Å². The van der Waals surface area contributed by atoms with Crippen molar-refractivity contribution in [1.82, 2.24) is 9.88 Å². The molecule has 2 heterocycles. The maximum Gasteiger partial charge on any atom is 0.253 e. The molecule has 5 heteroatoms.